The number of carbonyl (C=O) groups excluding carboxylic acids is 1. The number of nitrogens with zero attached hydrogens (tertiary/aromatic N) is 2. The van der Waals surface area contributed by atoms with Crippen LogP contribution in [-0.4, -0.2) is 38.0 Å². The lowest BCUT2D eigenvalue weighted by atomic mass is 9.99. The number of ether oxygens (including phenoxy) is 1. The highest BCUT2D eigenvalue weighted by Gasteiger charge is 2.34. The fourth-order valence-corrected chi connectivity index (χ4v) is 3.26. The van der Waals surface area contributed by atoms with E-state index in [0.29, 0.717) is 13.2 Å². The third-order valence-corrected chi connectivity index (χ3v) is 4.39. The average Bonchev–Trinajstić information content (AvgIpc) is 2.91. The van der Waals surface area contributed by atoms with E-state index in [9.17, 15) is 4.79 Å². The fraction of sp³-hybridized carbons (Fsp3) is 0.263. The van der Waals surface area contributed by atoms with Crippen molar-refractivity contribution in [3.63, 3.8) is 0 Å². The second-order valence-corrected chi connectivity index (χ2v) is 5.88. The molecule has 0 saturated heterocycles. The third kappa shape index (κ3) is 2.37. The quantitative estimate of drug-likeness (QED) is 0.922. The van der Waals surface area contributed by atoms with E-state index in [1.807, 2.05) is 53.4 Å². The van der Waals surface area contributed by atoms with Crippen LogP contribution in [0.4, 0.5) is 5.69 Å². The molecule has 4 rings (SSSR count). The van der Waals surface area contributed by atoms with Gasteiger partial charge in [-0.1, -0.05) is 42.5 Å². The molecule has 0 saturated carbocycles. The topological polar surface area (TPSA) is 53.9 Å². The van der Waals surface area contributed by atoms with Crippen molar-refractivity contribution in [2.75, 3.05) is 25.1 Å². The summed E-state index contributed by atoms with van der Waals surface area (Å²) < 4.78 is 5.88. The summed E-state index contributed by atoms with van der Waals surface area (Å²) in [6, 6.07) is 15.9. The number of carbonyl (C=O) groups is 1. The maximum absolute atomic E-state index is 13.0. The Morgan fingerprint density at radius 1 is 1.17 bits per heavy atom. The van der Waals surface area contributed by atoms with E-state index in [-0.39, 0.29) is 5.91 Å². The van der Waals surface area contributed by atoms with Crippen molar-refractivity contribution in [3.05, 3.63) is 59.7 Å². The lowest BCUT2D eigenvalue weighted by molar-refractivity contribution is -0.120. The molecule has 0 bridgehead atoms. The number of para-hydroxylation sites is 1. The first-order valence-corrected chi connectivity index (χ1v) is 8.17. The van der Waals surface area contributed by atoms with Crippen molar-refractivity contribution in [2.45, 2.75) is 12.6 Å². The molecule has 0 aromatic heterocycles. The van der Waals surface area contributed by atoms with Gasteiger partial charge >= 0.3 is 0 Å². The van der Waals surface area contributed by atoms with Crippen LogP contribution in [0, 0.1) is 0 Å². The predicted molar refractivity (Wildman–Crippen MR) is 93.8 cm³/mol. The van der Waals surface area contributed by atoms with Gasteiger partial charge in [-0.25, -0.2) is 0 Å². The van der Waals surface area contributed by atoms with Gasteiger partial charge < -0.3 is 9.64 Å². The maximum atomic E-state index is 13.0. The lowest BCUT2D eigenvalue weighted by Gasteiger charge is -2.24. The highest BCUT2D eigenvalue weighted by atomic mass is 16.5. The Kier molecular flexibility index (Phi) is 3.78. The lowest BCUT2D eigenvalue weighted by Crippen LogP contribution is -2.44. The zero-order valence-corrected chi connectivity index (χ0v) is 13.5. The Hall–Kier alpha value is -2.66. The van der Waals surface area contributed by atoms with Gasteiger partial charge in [-0.2, -0.15) is 0 Å². The normalized spacial score (nSPS) is 19.7. The second kappa shape index (κ2) is 6.09. The van der Waals surface area contributed by atoms with Crippen molar-refractivity contribution in [3.8, 4) is 5.75 Å². The summed E-state index contributed by atoms with van der Waals surface area (Å²) in [7, 11) is 1.76. The van der Waals surface area contributed by atoms with Gasteiger partial charge in [0.1, 0.15) is 5.75 Å². The number of nitrogens with one attached hydrogen (secondary N) is 1. The van der Waals surface area contributed by atoms with E-state index in [4.69, 9.17) is 9.73 Å². The molecule has 24 heavy (non-hydrogen) atoms. The van der Waals surface area contributed by atoms with Gasteiger partial charge in [-0.15, -0.1) is 0 Å². The summed E-state index contributed by atoms with van der Waals surface area (Å²) in [4.78, 5) is 19.5. The summed E-state index contributed by atoms with van der Waals surface area (Å²) in [5.41, 5.74) is 3.57. The first-order valence-electron chi connectivity index (χ1n) is 8.17. The number of anilines is 1. The van der Waals surface area contributed by atoms with E-state index in [0.717, 1.165) is 34.7 Å². The molecule has 122 valence electrons. The van der Waals surface area contributed by atoms with Crippen LogP contribution in [0.2, 0.25) is 0 Å². The van der Waals surface area contributed by atoms with Crippen LogP contribution < -0.4 is 15.0 Å². The Morgan fingerprint density at radius 3 is 2.79 bits per heavy atom. The predicted octanol–water partition coefficient (Wildman–Crippen LogP) is 2.20. The molecule has 1 unspecified atom stereocenters. The van der Waals surface area contributed by atoms with Crippen LogP contribution in [0.1, 0.15) is 17.5 Å². The molecule has 0 fully saturated rings. The number of rotatable bonds is 2. The highest BCUT2D eigenvalue weighted by molar-refractivity contribution is 6.20. The van der Waals surface area contributed by atoms with Gasteiger partial charge in [0.05, 0.1) is 18.0 Å². The van der Waals surface area contributed by atoms with Gasteiger partial charge in [-0.3, -0.25) is 15.1 Å². The largest absolute Gasteiger partial charge is 0.491 e. The monoisotopic (exact) mass is 321 g/mol. The minimum Gasteiger partial charge on any atom is -0.491 e. The Balaban J connectivity index is 1.98. The molecule has 1 atom stereocenters. The molecule has 0 spiro atoms. The molecule has 2 aromatic carbocycles. The van der Waals surface area contributed by atoms with E-state index in [1.165, 1.54) is 0 Å². The number of hydrogen-bond acceptors (Lipinski definition) is 4. The molecule has 2 aliphatic rings. The molecule has 2 aliphatic heterocycles. The fourth-order valence-electron chi connectivity index (χ4n) is 3.26. The van der Waals surface area contributed by atoms with Gasteiger partial charge in [0, 0.05) is 17.7 Å². The van der Waals surface area contributed by atoms with Crippen molar-refractivity contribution in [2.24, 2.45) is 4.99 Å². The summed E-state index contributed by atoms with van der Waals surface area (Å²) in [6.45, 7) is 1.25. The zero-order chi connectivity index (χ0) is 16.5. The minimum atomic E-state index is -0.599. The molecule has 0 aliphatic carbocycles. The molecule has 0 radical (unpaired) electrons. The summed E-state index contributed by atoms with van der Waals surface area (Å²) in [5.74, 6) is 0.710. The van der Waals surface area contributed by atoms with Crippen molar-refractivity contribution in [1.29, 1.82) is 0 Å². The summed E-state index contributed by atoms with van der Waals surface area (Å²) in [6.07, 6.45) is 0.204. The maximum Gasteiger partial charge on any atom is 0.266 e. The van der Waals surface area contributed by atoms with Crippen LogP contribution in [0.25, 0.3) is 0 Å². The van der Waals surface area contributed by atoms with Crippen molar-refractivity contribution >= 4 is 17.3 Å². The summed E-state index contributed by atoms with van der Waals surface area (Å²) >= 11 is 0. The molecule has 2 aromatic rings. The molecular formula is C19H19N3O2. The van der Waals surface area contributed by atoms with Crippen LogP contribution in [-0.2, 0) is 4.79 Å². The number of amides is 1. The van der Waals surface area contributed by atoms with Crippen molar-refractivity contribution < 1.29 is 9.53 Å². The van der Waals surface area contributed by atoms with Crippen LogP contribution in [0.3, 0.4) is 0 Å². The Bertz CT molecular complexity index is 802. The average molecular weight is 321 g/mol. The Labute approximate surface area is 141 Å². The minimum absolute atomic E-state index is 0.0392. The molecule has 5 heteroatoms. The zero-order valence-electron chi connectivity index (χ0n) is 13.5. The molecule has 5 nitrogen and oxygen atoms in total. The van der Waals surface area contributed by atoms with Gasteiger partial charge in [-0.05, 0) is 19.5 Å². The van der Waals surface area contributed by atoms with Gasteiger partial charge in [0.2, 0.25) is 0 Å². The first kappa shape index (κ1) is 14.9. The molecule has 1 amide bonds. The van der Waals surface area contributed by atoms with Gasteiger partial charge in [0.15, 0.2) is 6.17 Å². The second-order valence-electron chi connectivity index (χ2n) is 5.88. The van der Waals surface area contributed by atoms with Gasteiger partial charge in [0.25, 0.3) is 5.91 Å². The van der Waals surface area contributed by atoms with Crippen LogP contribution >= 0.6 is 0 Å². The van der Waals surface area contributed by atoms with E-state index in [1.54, 1.807) is 7.05 Å². The van der Waals surface area contributed by atoms with E-state index < -0.39 is 6.17 Å². The number of benzene rings is 2. The SMILES string of the molecule is CNC1N=C(c2ccccc2)c2cccc3c2N(CCCO3)C1=O. The molecule has 1 N–H and O–H groups in total. The molecule has 2 heterocycles. The highest BCUT2D eigenvalue weighted by Crippen LogP contribution is 2.38. The van der Waals surface area contributed by atoms with Crippen molar-refractivity contribution in [1.82, 2.24) is 5.32 Å². The molecular weight excluding hydrogens is 302 g/mol. The first-order chi connectivity index (χ1) is 11.8. The number of aliphatic imine (C=N–C) groups is 1. The standard InChI is InChI=1S/C19H19N3O2/c1-20-18-19(23)22-11-6-12-24-15-10-5-9-14(17(15)22)16(21-18)13-7-3-2-4-8-13/h2-5,7-10,18,20H,6,11-12H2,1H3. The number of hydrogen-bond donors (Lipinski definition) is 1. The Morgan fingerprint density at radius 2 is 2.00 bits per heavy atom. The van der Waals surface area contributed by atoms with E-state index in [2.05, 4.69) is 5.32 Å². The van der Waals surface area contributed by atoms with Crippen LogP contribution in [0.15, 0.2) is 53.5 Å². The third-order valence-electron chi connectivity index (χ3n) is 4.39. The smallest absolute Gasteiger partial charge is 0.266 e. The van der Waals surface area contributed by atoms with Crippen LogP contribution in [0.5, 0.6) is 5.75 Å². The van der Waals surface area contributed by atoms with E-state index >= 15 is 0 Å². The number of likely N-dealkylation sites (N-methyl/N-ethyl adjacent to an activating group) is 1. The summed E-state index contributed by atoms with van der Waals surface area (Å²) in [5, 5.41) is 3.04.